The first kappa shape index (κ1) is 21.1. The molecule has 0 fully saturated rings. The maximum Gasteiger partial charge on any atom is 0.0232 e. The lowest BCUT2D eigenvalue weighted by molar-refractivity contribution is 0.531. The molecule has 0 aromatic rings. The highest BCUT2D eigenvalue weighted by molar-refractivity contribution is 7.84. The maximum atomic E-state index is 10.9. The normalized spacial score (nSPS) is 12.7. The predicted molar refractivity (Wildman–Crippen MR) is 98.5 cm³/mol. The zero-order valence-corrected chi connectivity index (χ0v) is 15.7. The predicted octanol–water partition coefficient (Wildman–Crippen LogP) is 6.63. The van der Waals surface area contributed by atoms with Gasteiger partial charge >= 0.3 is 0 Å². The van der Waals surface area contributed by atoms with Crippen molar-refractivity contribution in [1.82, 2.24) is 0 Å². The molecular weight excluding hydrogens is 276 g/mol. The molecule has 0 radical (unpaired) electrons. The van der Waals surface area contributed by atoms with Gasteiger partial charge in [0.1, 0.15) is 0 Å². The molecular formula is C19H40OS. The summed E-state index contributed by atoms with van der Waals surface area (Å²) in [5.41, 5.74) is 0. The van der Waals surface area contributed by atoms with Gasteiger partial charge in [0.15, 0.2) is 0 Å². The highest BCUT2D eigenvalue weighted by Gasteiger charge is 1.95. The summed E-state index contributed by atoms with van der Waals surface area (Å²) in [6.45, 7) is 2.29. The molecule has 0 spiro atoms. The Morgan fingerprint density at radius 2 is 0.810 bits per heavy atom. The van der Waals surface area contributed by atoms with Crippen LogP contribution in [-0.4, -0.2) is 16.2 Å². The molecule has 0 aliphatic carbocycles. The zero-order valence-electron chi connectivity index (χ0n) is 14.8. The van der Waals surface area contributed by atoms with Crippen molar-refractivity contribution in [3.63, 3.8) is 0 Å². The van der Waals surface area contributed by atoms with Gasteiger partial charge in [-0.3, -0.25) is 4.21 Å². The van der Waals surface area contributed by atoms with Crippen molar-refractivity contribution in [2.24, 2.45) is 0 Å². The van der Waals surface area contributed by atoms with Crippen molar-refractivity contribution in [2.75, 3.05) is 12.0 Å². The van der Waals surface area contributed by atoms with E-state index in [9.17, 15) is 4.21 Å². The Morgan fingerprint density at radius 1 is 0.524 bits per heavy atom. The second-order valence-electron chi connectivity index (χ2n) is 6.58. The van der Waals surface area contributed by atoms with Crippen LogP contribution in [0, 0.1) is 0 Å². The van der Waals surface area contributed by atoms with E-state index in [1.807, 2.05) is 6.26 Å². The Labute approximate surface area is 137 Å². The van der Waals surface area contributed by atoms with Crippen LogP contribution in [0.2, 0.25) is 0 Å². The van der Waals surface area contributed by atoms with Gasteiger partial charge in [0.2, 0.25) is 0 Å². The Morgan fingerprint density at radius 3 is 1.10 bits per heavy atom. The van der Waals surface area contributed by atoms with E-state index in [0.717, 1.165) is 12.2 Å². The van der Waals surface area contributed by atoms with Crippen molar-refractivity contribution in [2.45, 2.75) is 110 Å². The van der Waals surface area contributed by atoms with Crippen molar-refractivity contribution < 1.29 is 4.21 Å². The molecule has 0 saturated heterocycles. The lowest BCUT2D eigenvalue weighted by atomic mass is 10.0. The van der Waals surface area contributed by atoms with E-state index in [1.165, 1.54) is 96.3 Å². The van der Waals surface area contributed by atoms with Crippen LogP contribution < -0.4 is 0 Å². The minimum absolute atomic E-state index is 0.583. The summed E-state index contributed by atoms with van der Waals surface area (Å²) < 4.78 is 10.9. The first-order chi connectivity index (χ1) is 10.3. The molecule has 1 nitrogen and oxygen atoms in total. The highest BCUT2D eigenvalue weighted by Crippen LogP contribution is 2.13. The average Bonchev–Trinajstić information content (AvgIpc) is 2.46. The number of hydrogen-bond donors (Lipinski definition) is 0. The topological polar surface area (TPSA) is 17.1 Å². The molecule has 0 aromatic heterocycles. The molecule has 21 heavy (non-hydrogen) atoms. The van der Waals surface area contributed by atoms with Crippen LogP contribution in [-0.2, 0) is 10.8 Å². The van der Waals surface area contributed by atoms with Crippen LogP contribution in [0.5, 0.6) is 0 Å². The van der Waals surface area contributed by atoms with E-state index >= 15 is 0 Å². The van der Waals surface area contributed by atoms with E-state index in [4.69, 9.17) is 0 Å². The van der Waals surface area contributed by atoms with E-state index in [1.54, 1.807) is 0 Å². The molecule has 0 N–H and O–H groups in total. The van der Waals surface area contributed by atoms with Gasteiger partial charge in [-0.15, -0.1) is 0 Å². The van der Waals surface area contributed by atoms with Gasteiger partial charge in [-0.2, -0.15) is 0 Å². The van der Waals surface area contributed by atoms with Gasteiger partial charge in [0.05, 0.1) is 0 Å². The third-order valence-corrected chi connectivity index (χ3v) is 5.15. The molecule has 0 amide bonds. The monoisotopic (exact) mass is 316 g/mol. The van der Waals surface area contributed by atoms with Gasteiger partial charge < -0.3 is 0 Å². The first-order valence-electron chi connectivity index (χ1n) is 9.57. The van der Waals surface area contributed by atoms with Gasteiger partial charge in [-0.05, 0) is 6.42 Å². The standard InChI is InChI=1S/C19H40OS/c1-3-4-5-6-7-8-9-10-11-12-13-14-15-16-17-18-19-21(2)20/h3-19H2,1-2H3/t21-/m0/s1. The van der Waals surface area contributed by atoms with Gasteiger partial charge in [-0.25, -0.2) is 0 Å². The summed E-state index contributed by atoms with van der Waals surface area (Å²) in [7, 11) is -0.583. The molecule has 2 heteroatoms. The Balaban J connectivity index is 2.95. The van der Waals surface area contributed by atoms with Gasteiger partial charge in [0.25, 0.3) is 0 Å². The van der Waals surface area contributed by atoms with Crippen LogP contribution in [0.25, 0.3) is 0 Å². The summed E-state index contributed by atoms with van der Waals surface area (Å²) in [5, 5.41) is 0. The fourth-order valence-corrected chi connectivity index (χ4v) is 3.46. The minimum Gasteiger partial charge on any atom is -0.260 e. The summed E-state index contributed by atoms with van der Waals surface area (Å²) in [5.74, 6) is 0.901. The number of unbranched alkanes of at least 4 members (excludes halogenated alkanes) is 15. The van der Waals surface area contributed by atoms with Crippen molar-refractivity contribution >= 4 is 10.8 Å². The molecule has 0 aliphatic heterocycles. The second kappa shape index (κ2) is 18.2. The summed E-state index contributed by atoms with van der Waals surface area (Å²) in [6.07, 6.45) is 24.2. The van der Waals surface area contributed by atoms with Gasteiger partial charge in [-0.1, -0.05) is 103 Å². The van der Waals surface area contributed by atoms with Crippen molar-refractivity contribution in [1.29, 1.82) is 0 Å². The molecule has 0 heterocycles. The molecule has 0 unspecified atom stereocenters. The van der Waals surface area contributed by atoms with E-state index in [2.05, 4.69) is 6.92 Å². The lowest BCUT2D eigenvalue weighted by Crippen LogP contribution is -1.93. The van der Waals surface area contributed by atoms with E-state index < -0.39 is 10.8 Å². The third-order valence-electron chi connectivity index (χ3n) is 4.29. The smallest absolute Gasteiger partial charge is 0.0232 e. The summed E-state index contributed by atoms with van der Waals surface area (Å²) >= 11 is 0. The van der Waals surface area contributed by atoms with Gasteiger partial charge in [0, 0.05) is 22.8 Å². The van der Waals surface area contributed by atoms with Crippen LogP contribution in [0.4, 0.5) is 0 Å². The molecule has 0 aliphatic rings. The molecule has 128 valence electrons. The quantitative estimate of drug-likeness (QED) is 0.275. The fourth-order valence-electron chi connectivity index (χ4n) is 2.85. The number of rotatable bonds is 17. The number of hydrogen-bond acceptors (Lipinski definition) is 1. The molecule has 0 aromatic carbocycles. The molecule has 1 atom stereocenters. The average molecular weight is 317 g/mol. The highest BCUT2D eigenvalue weighted by atomic mass is 32.2. The minimum atomic E-state index is -0.583. The zero-order chi connectivity index (χ0) is 15.6. The summed E-state index contributed by atoms with van der Waals surface area (Å²) in [6, 6.07) is 0. The SMILES string of the molecule is CCCCCCCCCCCCCCCCCC[S@](C)=O. The van der Waals surface area contributed by atoms with Crippen molar-refractivity contribution in [3.8, 4) is 0 Å². The van der Waals surface area contributed by atoms with E-state index in [0.29, 0.717) is 0 Å². The van der Waals surface area contributed by atoms with Crippen LogP contribution in [0.3, 0.4) is 0 Å². The Hall–Kier alpha value is 0.150. The molecule has 0 rings (SSSR count). The lowest BCUT2D eigenvalue weighted by Gasteiger charge is -2.03. The Kier molecular flexibility index (Phi) is 18.3. The molecule has 0 saturated carbocycles. The first-order valence-corrected chi connectivity index (χ1v) is 11.3. The summed E-state index contributed by atoms with van der Waals surface area (Å²) in [4.78, 5) is 0. The van der Waals surface area contributed by atoms with Crippen molar-refractivity contribution in [3.05, 3.63) is 0 Å². The van der Waals surface area contributed by atoms with E-state index in [-0.39, 0.29) is 0 Å². The largest absolute Gasteiger partial charge is 0.260 e. The third kappa shape index (κ3) is 20.1. The second-order valence-corrected chi connectivity index (χ2v) is 8.14. The van der Waals surface area contributed by atoms with Crippen LogP contribution in [0.15, 0.2) is 0 Å². The molecule has 0 bridgehead atoms. The maximum absolute atomic E-state index is 10.9. The van der Waals surface area contributed by atoms with Crippen LogP contribution >= 0.6 is 0 Å². The fraction of sp³-hybridized carbons (Fsp3) is 1.00. The Bertz CT molecular complexity index is 216. The van der Waals surface area contributed by atoms with Crippen LogP contribution in [0.1, 0.15) is 110 Å².